The van der Waals surface area contributed by atoms with Gasteiger partial charge in [0.05, 0.1) is 5.75 Å². The molecule has 0 aliphatic carbocycles. The predicted octanol–water partition coefficient (Wildman–Crippen LogP) is 0.566. The Hall–Kier alpha value is -2.81. The maximum Gasteiger partial charge on any atom is 0.255 e. The molecule has 0 aliphatic heterocycles. The van der Waals surface area contributed by atoms with Crippen LogP contribution in [0.15, 0.2) is 42.7 Å². The lowest BCUT2D eigenvalue weighted by Gasteiger charge is -2.05. The molecule has 0 atom stereocenters. The van der Waals surface area contributed by atoms with Gasteiger partial charge in [0.25, 0.3) is 11.7 Å². The Kier molecular flexibility index (Phi) is 4.26. The predicted molar refractivity (Wildman–Crippen MR) is 88.3 cm³/mol. The summed E-state index contributed by atoms with van der Waals surface area (Å²) in [5, 5.41) is 10.7. The number of sulfone groups is 1. The molecule has 2 heterocycles. The van der Waals surface area contributed by atoms with Crippen molar-refractivity contribution in [3.63, 3.8) is 0 Å². The molecular weight excluding hydrogens is 330 g/mol. The second-order valence-corrected chi connectivity index (χ2v) is 7.54. The molecule has 1 N–H and O–H groups in total. The number of amides is 1. The third-order valence-corrected chi connectivity index (χ3v) is 4.30. The summed E-state index contributed by atoms with van der Waals surface area (Å²) in [5.74, 6) is 0.713. The standard InChI is InChI=1S/C15H15N5O3S/c1-24(22,23)10-8-16-14(21)12-5-3-11(4-6-12)13-18-19-15-17-7-2-9-20(13)15/h2-7,9H,8,10H2,1H3,(H,16,21). The molecule has 0 bridgehead atoms. The molecule has 0 unspecified atom stereocenters. The van der Waals surface area contributed by atoms with E-state index in [1.807, 2.05) is 6.20 Å². The maximum absolute atomic E-state index is 12.0. The summed E-state index contributed by atoms with van der Waals surface area (Å²) in [6.45, 7) is 0.0832. The molecule has 1 amide bonds. The first-order chi connectivity index (χ1) is 11.4. The highest BCUT2D eigenvalue weighted by atomic mass is 32.2. The van der Waals surface area contributed by atoms with Gasteiger partial charge in [-0.15, -0.1) is 10.2 Å². The Morgan fingerprint density at radius 2 is 1.96 bits per heavy atom. The van der Waals surface area contributed by atoms with Crippen LogP contribution in [0.2, 0.25) is 0 Å². The van der Waals surface area contributed by atoms with Crippen molar-refractivity contribution in [1.29, 1.82) is 0 Å². The summed E-state index contributed by atoms with van der Waals surface area (Å²) < 4.78 is 23.9. The summed E-state index contributed by atoms with van der Waals surface area (Å²) in [6.07, 6.45) is 4.58. The highest BCUT2D eigenvalue weighted by Crippen LogP contribution is 2.18. The van der Waals surface area contributed by atoms with E-state index in [0.29, 0.717) is 17.2 Å². The number of hydrogen-bond donors (Lipinski definition) is 1. The molecule has 2 aromatic heterocycles. The number of carbonyl (C=O) groups is 1. The smallest absolute Gasteiger partial charge is 0.255 e. The lowest BCUT2D eigenvalue weighted by molar-refractivity contribution is 0.0956. The van der Waals surface area contributed by atoms with Crippen molar-refractivity contribution in [3.8, 4) is 11.4 Å². The average molecular weight is 345 g/mol. The van der Waals surface area contributed by atoms with Gasteiger partial charge in [0, 0.05) is 36.3 Å². The first kappa shape index (κ1) is 16.1. The highest BCUT2D eigenvalue weighted by molar-refractivity contribution is 7.90. The van der Waals surface area contributed by atoms with Gasteiger partial charge in [0.15, 0.2) is 5.82 Å². The third kappa shape index (κ3) is 3.57. The number of hydrogen-bond acceptors (Lipinski definition) is 6. The van der Waals surface area contributed by atoms with Crippen LogP contribution in [0.1, 0.15) is 10.4 Å². The summed E-state index contributed by atoms with van der Waals surface area (Å²) >= 11 is 0. The van der Waals surface area contributed by atoms with Gasteiger partial charge in [-0.3, -0.25) is 9.20 Å². The van der Waals surface area contributed by atoms with Crippen molar-refractivity contribution in [3.05, 3.63) is 48.3 Å². The minimum Gasteiger partial charge on any atom is -0.351 e. The van der Waals surface area contributed by atoms with E-state index in [4.69, 9.17) is 0 Å². The lowest BCUT2D eigenvalue weighted by atomic mass is 10.1. The van der Waals surface area contributed by atoms with E-state index in [-0.39, 0.29) is 18.2 Å². The summed E-state index contributed by atoms with van der Waals surface area (Å²) in [7, 11) is -3.10. The van der Waals surface area contributed by atoms with Gasteiger partial charge >= 0.3 is 0 Å². The Bertz CT molecular complexity index is 980. The van der Waals surface area contributed by atoms with Gasteiger partial charge in [0.1, 0.15) is 9.84 Å². The average Bonchev–Trinajstić information content (AvgIpc) is 2.98. The van der Waals surface area contributed by atoms with Crippen LogP contribution in [0.3, 0.4) is 0 Å². The van der Waals surface area contributed by atoms with E-state index in [0.717, 1.165) is 11.8 Å². The van der Waals surface area contributed by atoms with Crippen molar-refractivity contribution in [2.45, 2.75) is 0 Å². The Labute approximate surface area is 138 Å². The zero-order chi connectivity index (χ0) is 17.2. The van der Waals surface area contributed by atoms with Crippen LogP contribution in [0.4, 0.5) is 0 Å². The molecule has 0 aliphatic rings. The Morgan fingerprint density at radius 3 is 2.67 bits per heavy atom. The molecule has 3 aromatic rings. The number of carbonyl (C=O) groups excluding carboxylic acids is 1. The van der Waals surface area contributed by atoms with Crippen LogP contribution < -0.4 is 5.32 Å². The van der Waals surface area contributed by atoms with Crippen LogP contribution in [0, 0.1) is 0 Å². The summed E-state index contributed by atoms with van der Waals surface area (Å²) in [6, 6.07) is 8.61. The number of rotatable bonds is 5. The molecule has 124 valence electrons. The molecule has 0 radical (unpaired) electrons. The zero-order valence-corrected chi connectivity index (χ0v) is 13.7. The third-order valence-electron chi connectivity index (χ3n) is 3.35. The van der Waals surface area contributed by atoms with Crippen molar-refractivity contribution < 1.29 is 13.2 Å². The quantitative estimate of drug-likeness (QED) is 0.724. The Balaban J connectivity index is 1.75. The fraction of sp³-hybridized carbons (Fsp3) is 0.200. The van der Waals surface area contributed by atoms with Crippen molar-refractivity contribution >= 4 is 21.5 Å². The normalized spacial score (nSPS) is 11.5. The number of aromatic nitrogens is 4. The molecule has 8 nitrogen and oxygen atoms in total. The van der Waals surface area contributed by atoms with Gasteiger partial charge in [-0.2, -0.15) is 0 Å². The molecule has 9 heteroatoms. The summed E-state index contributed by atoms with van der Waals surface area (Å²) in [4.78, 5) is 16.1. The van der Waals surface area contributed by atoms with Crippen molar-refractivity contribution in [1.82, 2.24) is 24.9 Å². The van der Waals surface area contributed by atoms with E-state index in [9.17, 15) is 13.2 Å². The van der Waals surface area contributed by atoms with E-state index in [1.54, 1.807) is 40.9 Å². The van der Waals surface area contributed by atoms with E-state index < -0.39 is 9.84 Å². The summed E-state index contributed by atoms with van der Waals surface area (Å²) in [5.41, 5.74) is 1.24. The number of fused-ring (bicyclic) bond motifs is 1. The fourth-order valence-electron chi connectivity index (χ4n) is 2.16. The minimum atomic E-state index is -3.10. The topological polar surface area (TPSA) is 106 Å². The maximum atomic E-state index is 12.0. The van der Waals surface area contributed by atoms with Crippen molar-refractivity contribution in [2.24, 2.45) is 0 Å². The molecule has 0 spiro atoms. The van der Waals surface area contributed by atoms with Crippen LogP contribution in [0.25, 0.3) is 17.2 Å². The Morgan fingerprint density at radius 1 is 1.21 bits per heavy atom. The zero-order valence-electron chi connectivity index (χ0n) is 12.9. The first-order valence-corrected chi connectivity index (χ1v) is 9.22. The second-order valence-electron chi connectivity index (χ2n) is 5.28. The van der Waals surface area contributed by atoms with E-state index >= 15 is 0 Å². The van der Waals surface area contributed by atoms with Gasteiger partial charge in [-0.25, -0.2) is 13.4 Å². The largest absolute Gasteiger partial charge is 0.351 e. The minimum absolute atomic E-state index is 0.0832. The monoisotopic (exact) mass is 345 g/mol. The van der Waals surface area contributed by atoms with E-state index in [1.165, 1.54) is 0 Å². The van der Waals surface area contributed by atoms with Crippen molar-refractivity contribution in [2.75, 3.05) is 18.6 Å². The van der Waals surface area contributed by atoms with Crippen LogP contribution in [0.5, 0.6) is 0 Å². The molecule has 0 fully saturated rings. The molecule has 3 rings (SSSR count). The van der Waals surface area contributed by atoms with Gasteiger partial charge < -0.3 is 5.32 Å². The molecule has 0 saturated carbocycles. The number of nitrogens with zero attached hydrogens (tertiary/aromatic N) is 4. The number of benzene rings is 1. The first-order valence-electron chi connectivity index (χ1n) is 7.16. The van der Waals surface area contributed by atoms with Gasteiger partial charge in [0.2, 0.25) is 0 Å². The molecule has 24 heavy (non-hydrogen) atoms. The van der Waals surface area contributed by atoms with Crippen LogP contribution in [-0.2, 0) is 9.84 Å². The number of nitrogens with one attached hydrogen (secondary N) is 1. The van der Waals surface area contributed by atoms with Gasteiger partial charge in [-0.05, 0) is 18.2 Å². The fourth-order valence-corrected chi connectivity index (χ4v) is 2.64. The van der Waals surface area contributed by atoms with Gasteiger partial charge in [-0.1, -0.05) is 12.1 Å². The highest BCUT2D eigenvalue weighted by Gasteiger charge is 2.11. The molecular formula is C15H15N5O3S. The van der Waals surface area contributed by atoms with E-state index in [2.05, 4.69) is 20.5 Å². The van der Waals surface area contributed by atoms with Crippen LogP contribution in [-0.4, -0.2) is 52.5 Å². The molecule has 0 saturated heterocycles. The SMILES string of the molecule is CS(=O)(=O)CCNC(=O)c1ccc(-c2nnc3ncccn23)cc1. The molecule has 1 aromatic carbocycles. The second kappa shape index (κ2) is 6.36. The van der Waals surface area contributed by atoms with Crippen LogP contribution >= 0.6 is 0 Å². The lowest BCUT2D eigenvalue weighted by Crippen LogP contribution is -2.28.